The van der Waals surface area contributed by atoms with Crippen LogP contribution in [0.5, 0.6) is 0 Å². The minimum Gasteiger partial charge on any atom is -0.347 e. The van der Waals surface area contributed by atoms with Crippen LogP contribution in [0.15, 0.2) is 24.3 Å². The number of para-hydroxylation sites is 1. The van der Waals surface area contributed by atoms with Gasteiger partial charge in [0, 0.05) is 61.7 Å². The quantitative estimate of drug-likeness (QED) is 0.727. The summed E-state index contributed by atoms with van der Waals surface area (Å²) in [6.45, 7) is 9.16. The Bertz CT molecular complexity index is 928. The summed E-state index contributed by atoms with van der Waals surface area (Å²) < 4.78 is 4.46. The van der Waals surface area contributed by atoms with Crippen LogP contribution in [-0.4, -0.2) is 58.9 Å². The summed E-state index contributed by atoms with van der Waals surface area (Å²) in [7, 11) is 0. The Labute approximate surface area is 189 Å². The van der Waals surface area contributed by atoms with E-state index in [4.69, 9.17) is 0 Å². The van der Waals surface area contributed by atoms with Crippen molar-refractivity contribution in [1.82, 2.24) is 14.3 Å². The van der Waals surface area contributed by atoms with Gasteiger partial charge in [-0.1, -0.05) is 25.1 Å². The van der Waals surface area contributed by atoms with Crippen LogP contribution in [0.25, 0.3) is 0 Å². The molecule has 1 aromatic heterocycles. The first-order valence-corrected chi connectivity index (χ1v) is 12.6. The molecule has 2 saturated heterocycles. The Morgan fingerprint density at radius 3 is 2.48 bits per heavy atom. The standard InChI is InChI=1S/C24H33N5OS/c1-3-22-25-23(31-26-22)28-13-8-19(9-14-28)27-15-10-24(11-16-27)12-17-29(18(2)30)21-7-5-4-6-20(21)24/h4-7,19H,3,8-17H2,1-2H3. The number of hydrogen-bond acceptors (Lipinski definition) is 6. The zero-order chi connectivity index (χ0) is 21.4. The van der Waals surface area contributed by atoms with Gasteiger partial charge in [-0.25, -0.2) is 4.98 Å². The van der Waals surface area contributed by atoms with Crippen LogP contribution < -0.4 is 9.80 Å². The third kappa shape index (κ3) is 3.87. The number of aromatic nitrogens is 2. The lowest BCUT2D eigenvalue weighted by Crippen LogP contribution is -2.53. The highest BCUT2D eigenvalue weighted by molar-refractivity contribution is 7.09. The number of rotatable bonds is 3. The van der Waals surface area contributed by atoms with Crippen molar-refractivity contribution in [2.24, 2.45) is 0 Å². The van der Waals surface area contributed by atoms with E-state index >= 15 is 0 Å². The number of hydrogen-bond donors (Lipinski definition) is 0. The van der Waals surface area contributed by atoms with Gasteiger partial charge in [-0.15, -0.1) is 0 Å². The van der Waals surface area contributed by atoms with E-state index in [-0.39, 0.29) is 11.3 Å². The summed E-state index contributed by atoms with van der Waals surface area (Å²) in [6.07, 6.45) is 6.83. The molecule has 0 atom stereocenters. The molecular weight excluding hydrogens is 406 g/mol. The van der Waals surface area contributed by atoms with Crippen LogP contribution in [0.2, 0.25) is 0 Å². The van der Waals surface area contributed by atoms with Crippen LogP contribution in [-0.2, 0) is 16.6 Å². The highest BCUT2D eigenvalue weighted by Crippen LogP contribution is 2.47. The SMILES string of the molecule is CCc1nsc(N2CCC(N3CCC4(CCN(C(C)=O)c5ccccc54)CC3)CC2)n1. The van der Waals surface area contributed by atoms with Gasteiger partial charge in [0.15, 0.2) is 0 Å². The Balaban J connectivity index is 1.22. The van der Waals surface area contributed by atoms with E-state index in [1.165, 1.54) is 31.2 Å². The van der Waals surface area contributed by atoms with Crippen molar-refractivity contribution < 1.29 is 4.79 Å². The fourth-order valence-corrected chi connectivity index (χ4v) is 6.64. The fraction of sp³-hybridized carbons (Fsp3) is 0.625. The lowest BCUT2D eigenvalue weighted by Gasteiger charge is -2.50. The average Bonchev–Trinajstić information content (AvgIpc) is 3.29. The first kappa shape index (κ1) is 20.9. The van der Waals surface area contributed by atoms with Crippen LogP contribution in [0.1, 0.15) is 57.3 Å². The number of nitrogens with zero attached hydrogens (tertiary/aromatic N) is 5. The predicted octanol–water partition coefficient (Wildman–Crippen LogP) is 3.86. The second-order valence-electron chi connectivity index (χ2n) is 9.32. The first-order valence-electron chi connectivity index (χ1n) is 11.8. The fourth-order valence-electron chi connectivity index (χ4n) is 5.84. The summed E-state index contributed by atoms with van der Waals surface area (Å²) in [6, 6.07) is 9.30. The van der Waals surface area contributed by atoms with Crippen LogP contribution in [0, 0.1) is 0 Å². The molecule has 3 aliphatic heterocycles. The Hall–Kier alpha value is -1.99. The third-order valence-corrected chi connectivity index (χ3v) is 8.56. The minimum atomic E-state index is 0.160. The van der Waals surface area contributed by atoms with Crippen molar-refractivity contribution in [1.29, 1.82) is 0 Å². The predicted molar refractivity (Wildman–Crippen MR) is 126 cm³/mol. The van der Waals surface area contributed by atoms with Gasteiger partial charge in [-0.2, -0.15) is 4.37 Å². The number of benzene rings is 1. The number of fused-ring (bicyclic) bond motifs is 2. The van der Waals surface area contributed by atoms with Crippen molar-refractivity contribution in [3.05, 3.63) is 35.7 Å². The second kappa shape index (κ2) is 8.51. The second-order valence-corrected chi connectivity index (χ2v) is 10.0. The van der Waals surface area contributed by atoms with Gasteiger partial charge in [0.2, 0.25) is 11.0 Å². The zero-order valence-electron chi connectivity index (χ0n) is 18.7. The topological polar surface area (TPSA) is 52.6 Å². The molecule has 166 valence electrons. The number of amides is 1. The smallest absolute Gasteiger partial charge is 0.223 e. The molecule has 3 aliphatic rings. The Morgan fingerprint density at radius 1 is 1.10 bits per heavy atom. The molecule has 0 aliphatic carbocycles. The molecule has 5 rings (SSSR count). The van der Waals surface area contributed by atoms with E-state index in [9.17, 15) is 4.79 Å². The van der Waals surface area contributed by atoms with Gasteiger partial charge >= 0.3 is 0 Å². The van der Waals surface area contributed by atoms with Gasteiger partial charge in [-0.05, 0) is 56.8 Å². The summed E-state index contributed by atoms with van der Waals surface area (Å²) in [5.41, 5.74) is 2.78. The van der Waals surface area contributed by atoms with E-state index in [1.54, 1.807) is 18.5 Å². The maximum Gasteiger partial charge on any atom is 0.223 e. The van der Waals surface area contributed by atoms with E-state index in [0.29, 0.717) is 6.04 Å². The van der Waals surface area contributed by atoms with Crippen LogP contribution in [0.4, 0.5) is 10.8 Å². The molecule has 0 radical (unpaired) electrons. The molecule has 0 saturated carbocycles. The third-order valence-electron chi connectivity index (χ3n) is 7.74. The summed E-state index contributed by atoms with van der Waals surface area (Å²) in [5, 5.41) is 1.10. The molecule has 1 amide bonds. The van der Waals surface area contributed by atoms with Crippen molar-refractivity contribution in [3.8, 4) is 0 Å². The molecule has 6 nitrogen and oxygen atoms in total. The number of aryl methyl sites for hydroxylation is 1. The van der Waals surface area contributed by atoms with Crippen molar-refractivity contribution in [3.63, 3.8) is 0 Å². The molecule has 1 spiro atoms. The van der Waals surface area contributed by atoms with Crippen LogP contribution in [0.3, 0.4) is 0 Å². The van der Waals surface area contributed by atoms with E-state index < -0.39 is 0 Å². The van der Waals surface area contributed by atoms with E-state index in [1.807, 2.05) is 4.90 Å². The molecule has 31 heavy (non-hydrogen) atoms. The molecule has 7 heteroatoms. The first-order chi connectivity index (χ1) is 15.1. The molecule has 2 aromatic rings. The number of likely N-dealkylation sites (tertiary alicyclic amines) is 1. The Kier molecular flexibility index (Phi) is 5.73. The van der Waals surface area contributed by atoms with Gasteiger partial charge in [0.05, 0.1) is 0 Å². The molecule has 1 aromatic carbocycles. The number of piperidine rings is 2. The molecular formula is C24H33N5OS. The van der Waals surface area contributed by atoms with Gasteiger partial charge in [0.25, 0.3) is 0 Å². The average molecular weight is 440 g/mol. The van der Waals surface area contributed by atoms with Crippen molar-refractivity contribution >= 4 is 28.3 Å². The normalized spacial score (nSPS) is 22.0. The molecule has 0 N–H and O–H groups in total. The van der Waals surface area contributed by atoms with Crippen molar-refractivity contribution in [2.45, 2.75) is 63.8 Å². The Morgan fingerprint density at radius 2 is 1.81 bits per heavy atom. The van der Waals surface area contributed by atoms with Gasteiger partial charge in [-0.3, -0.25) is 4.79 Å². The molecule has 0 unspecified atom stereocenters. The van der Waals surface area contributed by atoms with E-state index in [2.05, 4.69) is 50.3 Å². The lowest BCUT2D eigenvalue weighted by molar-refractivity contribution is -0.116. The monoisotopic (exact) mass is 439 g/mol. The largest absolute Gasteiger partial charge is 0.347 e. The molecule has 2 fully saturated rings. The molecule has 0 bridgehead atoms. The number of carbonyl (C=O) groups is 1. The van der Waals surface area contributed by atoms with E-state index in [0.717, 1.165) is 62.2 Å². The van der Waals surface area contributed by atoms with Crippen molar-refractivity contribution in [2.75, 3.05) is 42.5 Å². The van der Waals surface area contributed by atoms with Gasteiger partial charge in [0.1, 0.15) is 5.82 Å². The lowest BCUT2D eigenvalue weighted by atomic mass is 9.67. The maximum atomic E-state index is 12.1. The minimum absolute atomic E-state index is 0.160. The number of carbonyl (C=O) groups excluding carboxylic acids is 1. The maximum absolute atomic E-state index is 12.1. The highest BCUT2D eigenvalue weighted by atomic mass is 32.1. The van der Waals surface area contributed by atoms with Crippen LogP contribution >= 0.6 is 11.5 Å². The van der Waals surface area contributed by atoms with Gasteiger partial charge < -0.3 is 14.7 Å². The summed E-state index contributed by atoms with van der Waals surface area (Å²) >= 11 is 1.55. The summed E-state index contributed by atoms with van der Waals surface area (Å²) in [4.78, 5) is 24.0. The number of anilines is 2. The highest BCUT2D eigenvalue weighted by Gasteiger charge is 2.43. The summed E-state index contributed by atoms with van der Waals surface area (Å²) in [5.74, 6) is 1.13. The zero-order valence-corrected chi connectivity index (χ0v) is 19.5. The molecule has 4 heterocycles.